The monoisotopic (exact) mass is 770 g/mol. The minimum atomic E-state index is -5.22. The standard InChI is InChI=1S/C41H41F2N4O7P/c1-26(28-17-20-31(21-18-28)41(42,43)55(52,53-32-12-5-3-6-13-32)54-33-14-7-4-8-15-33)24-37(49)46-34-22-19-29-10-9-11-30-25-35(47(38(29)30)40(34)51)39(50)45-27(2)16-23-36(44)48/h3-15,17-18,20-21,24,27,34-35H,16,19,22-23,25H2,1-2H3,(H2,44,48)(H,45,50)(H,46,49)/b26-24+/t27-,34+,35+/m1/s1. The number of nitrogens with zero attached hydrogens (tertiary/aromatic N) is 1. The number of aryl methyl sites for hydroxylation is 1. The smallest absolute Gasteiger partial charge is 0.412 e. The van der Waals surface area contributed by atoms with Crippen molar-refractivity contribution in [1.29, 1.82) is 0 Å². The van der Waals surface area contributed by atoms with Crippen LogP contribution in [0.15, 0.2) is 109 Å². The predicted molar refractivity (Wildman–Crippen MR) is 203 cm³/mol. The van der Waals surface area contributed by atoms with E-state index in [0.29, 0.717) is 36.1 Å². The zero-order valence-electron chi connectivity index (χ0n) is 30.2. The molecule has 2 heterocycles. The molecule has 6 rings (SSSR count). The highest BCUT2D eigenvalue weighted by molar-refractivity contribution is 7.55. The average molecular weight is 771 g/mol. The number of carbonyl (C=O) groups excluding carboxylic acids is 4. The van der Waals surface area contributed by atoms with Gasteiger partial charge in [-0.1, -0.05) is 78.9 Å². The Bertz CT molecular complexity index is 2100. The molecule has 0 spiro atoms. The number of nitrogens with one attached hydrogen (secondary N) is 2. The maximum Gasteiger partial charge on any atom is 0.504 e. The van der Waals surface area contributed by atoms with Crippen molar-refractivity contribution in [1.82, 2.24) is 10.6 Å². The van der Waals surface area contributed by atoms with Crippen molar-refractivity contribution in [3.05, 3.63) is 131 Å². The van der Waals surface area contributed by atoms with Gasteiger partial charge in [0.1, 0.15) is 23.6 Å². The molecule has 0 unspecified atom stereocenters. The van der Waals surface area contributed by atoms with Crippen molar-refractivity contribution < 1.29 is 41.6 Å². The molecule has 4 aromatic rings. The summed E-state index contributed by atoms with van der Waals surface area (Å²) in [4.78, 5) is 53.6. The predicted octanol–water partition coefficient (Wildman–Crippen LogP) is 6.65. The number of amides is 4. The van der Waals surface area contributed by atoms with Crippen LogP contribution in [0, 0.1) is 0 Å². The number of benzene rings is 4. The number of hydrogen-bond acceptors (Lipinski definition) is 7. The number of alkyl halides is 2. The van der Waals surface area contributed by atoms with Crippen molar-refractivity contribution in [2.24, 2.45) is 5.73 Å². The van der Waals surface area contributed by atoms with Crippen LogP contribution < -0.4 is 30.3 Å². The zero-order chi connectivity index (χ0) is 39.3. The quantitative estimate of drug-likeness (QED) is 0.0958. The largest absolute Gasteiger partial charge is 0.504 e. The van der Waals surface area contributed by atoms with Gasteiger partial charge < -0.3 is 25.4 Å². The van der Waals surface area contributed by atoms with E-state index in [2.05, 4.69) is 10.6 Å². The SMILES string of the molecule is C/C(=C\C(=O)N[C@H]1CCc2cccc3c2N(C1=O)[C@H](C(=O)N[C@H](C)CCC(N)=O)C3)c1ccc(C(F)(F)P(=O)(Oc2ccccc2)Oc2ccccc2)cc1. The van der Waals surface area contributed by atoms with Gasteiger partial charge in [0.2, 0.25) is 23.6 Å². The third-order valence-electron chi connectivity index (χ3n) is 9.56. The number of anilines is 1. The molecular formula is C41H41F2N4O7P. The summed E-state index contributed by atoms with van der Waals surface area (Å²) in [5, 5.41) is 5.68. The highest BCUT2D eigenvalue weighted by Crippen LogP contribution is 2.65. The van der Waals surface area contributed by atoms with Gasteiger partial charge in [0.25, 0.3) is 0 Å². The summed E-state index contributed by atoms with van der Waals surface area (Å²) in [7, 11) is -5.22. The van der Waals surface area contributed by atoms with Gasteiger partial charge in [0.15, 0.2) is 0 Å². The molecule has 4 aromatic carbocycles. The lowest BCUT2D eigenvalue weighted by Crippen LogP contribution is -2.55. The first-order valence-electron chi connectivity index (χ1n) is 17.8. The Morgan fingerprint density at radius 3 is 2.13 bits per heavy atom. The first-order valence-corrected chi connectivity index (χ1v) is 19.4. The number of carbonyl (C=O) groups is 4. The maximum absolute atomic E-state index is 16.1. The molecule has 0 aromatic heterocycles. The summed E-state index contributed by atoms with van der Waals surface area (Å²) in [5.41, 5.74) is 3.78. The highest BCUT2D eigenvalue weighted by atomic mass is 31.2. The Morgan fingerprint density at radius 2 is 1.53 bits per heavy atom. The first kappa shape index (κ1) is 38.9. The summed E-state index contributed by atoms with van der Waals surface area (Å²) in [6, 6.07) is 23.6. The van der Waals surface area contributed by atoms with Crippen LogP contribution in [0.2, 0.25) is 0 Å². The molecule has 0 radical (unpaired) electrons. The molecule has 0 aliphatic carbocycles. The molecule has 0 bridgehead atoms. The van der Waals surface area contributed by atoms with Crippen LogP contribution in [0.5, 0.6) is 11.5 Å². The average Bonchev–Trinajstić information content (AvgIpc) is 3.50. The van der Waals surface area contributed by atoms with E-state index >= 15 is 8.78 Å². The summed E-state index contributed by atoms with van der Waals surface area (Å²) in [5.74, 6) is -2.00. The third-order valence-corrected chi connectivity index (χ3v) is 11.4. The molecule has 0 saturated heterocycles. The van der Waals surface area contributed by atoms with E-state index < -0.39 is 48.6 Å². The van der Waals surface area contributed by atoms with Gasteiger partial charge >= 0.3 is 13.3 Å². The van der Waals surface area contributed by atoms with Gasteiger partial charge in [-0.05, 0) is 79.6 Å². The topological polar surface area (TPSA) is 157 Å². The number of primary amides is 1. The van der Waals surface area contributed by atoms with Gasteiger partial charge in [0, 0.05) is 30.5 Å². The van der Waals surface area contributed by atoms with Gasteiger partial charge in [-0.2, -0.15) is 8.78 Å². The van der Waals surface area contributed by atoms with E-state index in [4.69, 9.17) is 14.8 Å². The number of allylic oxidation sites excluding steroid dienone is 1. The Hall–Kier alpha value is -5.81. The fourth-order valence-electron chi connectivity index (χ4n) is 6.70. The summed E-state index contributed by atoms with van der Waals surface area (Å²) < 4.78 is 57.0. The minimum absolute atomic E-state index is 0.0606. The van der Waals surface area contributed by atoms with E-state index in [0.717, 1.165) is 23.3 Å². The molecule has 4 N–H and O–H groups in total. The maximum atomic E-state index is 16.1. The van der Waals surface area contributed by atoms with Crippen LogP contribution in [-0.4, -0.2) is 41.8 Å². The number of nitrogens with two attached hydrogens (primary N) is 1. The second kappa shape index (κ2) is 16.3. The lowest BCUT2D eigenvalue weighted by atomic mass is 10.0. The molecule has 14 heteroatoms. The first-order chi connectivity index (χ1) is 26.3. The lowest BCUT2D eigenvalue weighted by molar-refractivity contribution is -0.128. The molecule has 2 aliphatic rings. The molecule has 286 valence electrons. The number of halogens is 2. The molecule has 2 aliphatic heterocycles. The molecule has 0 fully saturated rings. The van der Waals surface area contributed by atoms with Gasteiger partial charge in [0.05, 0.1) is 5.69 Å². The van der Waals surface area contributed by atoms with E-state index in [1.807, 2.05) is 18.2 Å². The molecule has 0 saturated carbocycles. The zero-order valence-corrected chi connectivity index (χ0v) is 31.1. The number of rotatable bonds is 14. The summed E-state index contributed by atoms with van der Waals surface area (Å²) in [6.07, 6.45) is 2.77. The van der Waals surface area contributed by atoms with Crippen molar-refractivity contribution in [3.63, 3.8) is 0 Å². The van der Waals surface area contributed by atoms with Crippen molar-refractivity contribution in [2.45, 2.75) is 69.7 Å². The van der Waals surface area contributed by atoms with Crippen LogP contribution in [0.3, 0.4) is 0 Å². The molecule has 4 amide bonds. The fourth-order valence-corrected chi connectivity index (χ4v) is 8.23. The van der Waals surface area contributed by atoms with E-state index in [-0.39, 0.29) is 36.3 Å². The number of para-hydroxylation sites is 3. The van der Waals surface area contributed by atoms with E-state index in [1.54, 1.807) is 50.2 Å². The van der Waals surface area contributed by atoms with E-state index in [9.17, 15) is 23.7 Å². The Labute approximate surface area is 317 Å². The van der Waals surface area contributed by atoms with E-state index in [1.165, 1.54) is 47.4 Å². The highest BCUT2D eigenvalue weighted by Gasteiger charge is 2.58. The number of hydrogen-bond donors (Lipinski definition) is 3. The molecule has 55 heavy (non-hydrogen) atoms. The molecule has 11 nitrogen and oxygen atoms in total. The van der Waals surface area contributed by atoms with Crippen LogP contribution in [-0.2, 0) is 42.2 Å². The lowest BCUT2D eigenvalue weighted by Gasteiger charge is -2.28. The van der Waals surface area contributed by atoms with Crippen LogP contribution in [0.1, 0.15) is 55.4 Å². The Kier molecular flexibility index (Phi) is 11.5. The summed E-state index contributed by atoms with van der Waals surface area (Å²) >= 11 is 0. The Morgan fingerprint density at radius 1 is 0.927 bits per heavy atom. The molecular weight excluding hydrogens is 729 g/mol. The fraction of sp³-hybridized carbons (Fsp3) is 0.268. The van der Waals surface area contributed by atoms with Crippen molar-refractivity contribution >= 4 is 42.5 Å². The normalized spacial score (nSPS) is 17.4. The summed E-state index contributed by atoms with van der Waals surface area (Å²) in [6.45, 7) is 3.38. The van der Waals surface area contributed by atoms with Crippen molar-refractivity contribution in [3.8, 4) is 11.5 Å². The van der Waals surface area contributed by atoms with Gasteiger partial charge in [-0.25, -0.2) is 4.57 Å². The third kappa shape index (κ3) is 8.62. The van der Waals surface area contributed by atoms with Gasteiger partial charge in [-0.3, -0.25) is 24.1 Å². The minimum Gasteiger partial charge on any atom is -0.412 e. The molecule has 3 atom stereocenters. The van der Waals surface area contributed by atoms with Crippen LogP contribution in [0.4, 0.5) is 14.5 Å². The second-order valence-electron chi connectivity index (χ2n) is 13.6. The van der Waals surface area contributed by atoms with Gasteiger partial charge in [-0.15, -0.1) is 0 Å². The van der Waals surface area contributed by atoms with Crippen LogP contribution >= 0.6 is 7.60 Å². The van der Waals surface area contributed by atoms with Crippen LogP contribution in [0.25, 0.3) is 5.57 Å². The van der Waals surface area contributed by atoms with Crippen molar-refractivity contribution in [2.75, 3.05) is 4.90 Å². The second-order valence-corrected chi connectivity index (χ2v) is 15.5. The Balaban J connectivity index is 1.17.